The van der Waals surface area contributed by atoms with Crippen LogP contribution in [0.5, 0.6) is 0 Å². The van der Waals surface area contributed by atoms with E-state index in [1.165, 1.54) is 154 Å². The van der Waals surface area contributed by atoms with E-state index in [0.29, 0.717) is 12.8 Å². The smallest absolute Gasteiger partial charge is 0.463 e. The number of hydrogen-bond donors (Lipinski definition) is 11. The highest BCUT2D eigenvalue weighted by molar-refractivity contribution is 7.47. The Morgan fingerprint density at radius 2 is 0.778 bits per heavy atom. The van der Waals surface area contributed by atoms with Crippen molar-refractivity contribution in [1.29, 1.82) is 0 Å². The van der Waals surface area contributed by atoms with Crippen molar-refractivity contribution in [3.63, 3.8) is 0 Å². The van der Waals surface area contributed by atoms with Crippen molar-refractivity contribution in [2.24, 2.45) is 0 Å². The summed E-state index contributed by atoms with van der Waals surface area (Å²) in [5.41, 5.74) is 0. The van der Waals surface area contributed by atoms with E-state index >= 15 is 0 Å². The van der Waals surface area contributed by atoms with Gasteiger partial charge in [0.1, 0.15) is 98.7 Å². The Labute approximate surface area is 591 Å². The summed E-state index contributed by atoms with van der Waals surface area (Å²) in [5.74, 6) is -2.26. The van der Waals surface area contributed by atoms with Crippen LogP contribution < -0.4 is 0 Å². The van der Waals surface area contributed by atoms with Crippen LogP contribution in [0.25, 0.3) is 0 Å². The van der Waals surface area contributed by atoms with Gasteiger partial charge in [-0.05, 0) is 51.4 Å². The van der Waals surface area contributed by atoms with Crippen LogP contribution in [0.4, 0.5) is 0 Å². The van der Waals surface area contributed by atoms with E-state index in [-0.39, 0.29) is 12.8 Å². The maximum absolute atomic E-state index is 14.3. The van der Waals surface area contributed by atoms with Crippen LogP contribution in [-0.4, -0.2) is 204 Å². The van der Waals surface area contributed by atoms with E-state index in [9.17, 15) is 74.9 Å². The van der Waals surface area contributed by atoms with E-state index in [2.05, 4.69) is 32.9 Å². The molecule has 0 bridgehead atoms. The quantitative estimate of drug-likeness (QED) is 0.00512. The van der Waals surface area contributed by atoms with Crippen LogP contribution in [-0.2, 0) is 61.2 Å². The van der Waals surface area contributed by atoms with Crippen LogP contribution in [0.3, 0.4) is 0 Å². The number of ether oxygens (including phenoxy) is 7. The van der Waals surface area contributed by atoms with Gasteiger partial charge in [0, 0.05) is 18.9 Å². The van der Waals surface area contributed by atoms with E-state index in [0.717, 1.165) is 96.0 Å². The summed E-state index contributed by atoms with van der Waals surface area (Å²) in [6, 6.07) is 0. The number of allylic oxidation sites excluding steroid dienone is 5. The molecule has 11 N–H and O–H groups in total. The van der Waals surface area contributed by atoms with E-state index in [1.54, 1.807) is 6.08 Å². The molecule has 2 aliphatic heterocycles. The Morgan fingerprint density at radius 3 is 1.21 bits per heavy atom. The van der Waals surface area contributed by atoms with Gasteiger partial charge in [-0.1, -0.05) is 250 Å². The van der Waals surface area contributed by atoms with Gasteiger partial charge in [-0.15, -0.1) is 0 Å². The summed E-state index contributed by atoms with van der Waals surface area (Å²) >= 11 is 0. The van der Waals surface area contributed by atoms with Gasteiger partial charge in [-0.25, -0.2) is 9.36 Å². The molecule has 0 aromatic rings. The van der Waals surface area contributed by atoms with Crippen molar-refractivity contribution >= 4 is 25.7 Å². The summed E-state index contributed by atoms with van der Waals surface area (Å²) in [4.78, 5) is 50.9. The molecular weight excluding hydrogens is 1300 g/mol. The molecule has 0 amide bonds. The Balaban J connectivity index is 1.74. The number of aliphatic hydroxyl groups excluding tert-OH is 10. The topological polar surface area (TPSA) is 374 Å². The van der Waals surface area contributed by atoms with Crippen LogP contribution in [0, 0.1) is 0 Å². The molecule has 578 valence electrons. The van der Waals surface area contributed by atoms with Gasteiger partial charge >= 0.3 is 25.7 Å². The van der Waals surface area contributed by atoms with Crippen molar-refractivity contribution < 1.29 is 117 Å². The first kappa shape index (κ1) is 90.4. The first-order valence-electron chi connectivity index (χ1n) is 38.3. The van der Waals surface area contributed by atoms with Crippen LogP contribution in [0.1, 0.15) is 284 Å². The predicted molar refractivity (Wildman–Crippen MR) is 374 cm³/mol. The Kier molecular flexibility index (Phi) is 50.8. The normalized spacial score (nSPS) is 27.7. The van der Waals surface area contributed by atoms with Gasteiger partial charge < -0.3 is 89.1 Å². The summed E-state index contributed by atoms with van der Waals surface area (Å²) in [5, 5.41) is 110. The van der Waals surface area contributed by atoms with Crippen LogP contribution in [0.15, 0.2) is 36.5 Å². The number of carbonyl (C=O) groups is 3. The van der Waals surface area contributed by atoms with Crippen LogP contribution in [0.2, 0.25) is 0 Å². The minimum absolute atomic E-state index is 0.00469. The number of phosphoric ester groups is 1. The molecule has 3 fully saturated rings. The SMILES string of the molecule is CCCCCCCC/C=C\CCCCCC(=O)OCC(COP(=O)(O)OC1C(OC2OC(CO)C(O)C(O)C2O)C(O)C(O)C(O)C1OC1OC(COC(=O)CCCCCCCCCCCCCCCCCC)C(O)C(O)C1O)OC(=O)/C=C/C=C/CCCCCCCCCCCCC. The number of aliphatic hydroxyl groups is 10. The molecule has 25 heteroatoms. The molecule has 1 saturated carbocycles. The molecule has 18 atom stereocenters. The molecule has 0 radical (unpaired) electrons. The van der Waals surface area contributed by atoms with Crippen molar-refractivity contribution in [1.82, 2.24) is 0 Å². The monoisotopic (exact) mass is 1440 g/mol. The zero-order valence-corrected chi connectivity index (χ0v) is 61.2. The number of phosphoric acid groups is 1. The number of carbonyl (C=O) groups excluding carboxylic acids is 3. The number of hydrogen-bond acceptors (Lipinski definition) is 23. The molecule has 3 rings (SSSR count). The van der Waals surface area contributed by atoms with E-state index < -0.39 is 156 Å². The van der Waals surface area contributed by atoms with Gasteiger partial charge in [0.05, 0.1) is 13.2 Å². The Hall–Kier alpha value is -2.82. The third kappa shape index (κ3) is 38.7. The molecule has 2 saturated heterocycles. The van der Waals surface area contributed by atoms with Crippen LogP contribution >= 0.6 is 7.82 Å². The minimum Gasteiger partial charge on any atom is -0.463 e. The van der Waals surface area contributed by atoms with Crippen molar-refractivity contribution in [2.45, 2.75) is 388 Å². The summed E-state index contributed by atoms with van der Waals surface area (Å²) < 4.78 is 64.8. The summed E-state index contributed by atoms with van der Waals surface area (Å²) in [6.07, 6.45) is 18.5. The maximum Gasteiger partial charge on any atom is 0.472 e. The molecule has 2 heterocycles. The second kappa shape index (κ2) is 55.6. The minimum atomic E-state index is -5.73. The lowest BCUT2D eigenvalue weighted by Crippen LogP contribution is -2.69. The average Bonchev–Trinajstić information content (AvgIpc) is 0.762. The lowest BCUT2D eigenvalue weighted by Gasteiger charge is -2.49. The number of rotatable bonds is 59. The largest absolute Gasteiger partial charge is 0.472 e. The molecule has 99 heavy (non-hydrogen) atoms. The third-order valence-electron chi connectivity index (χ3n) is 18.8. The fourth-order valence-corrected chi connectivity index (χ4v) is 13.4. The van der Waals surface area contributed by atoms with Gasteiger partial charge in [0.25, 0.3) is 0 Å². The third-order valence-corrected chi connectivity index (χ3v) is 19.7. The van der Waals surface area contributed by atoms with Crippen molar-refractivity contribution in [3.05, 3.63) is 36.5 Å². The van der Waals surface area contributed by atoms with Crippen molar-refractivity contribution in [2.75, 3.05) is 26.4 Å². The predicted octanol–water partition coefficient (Wildman–Crippen LogP) is 10.7. The molecule has 3 aliphatic rings. The number of unbranched alkanes of at least 4 members (excludes halogenated alkanes) is 35. The highest BCUT2D eigenvalue weighted by Gasteiger charge is 2.58. The lowest BCUT2D eigenvalue weighted by molar-refractivity contribution is -0.360. The second-order valence-corrected chi connectivity index (χ2v) is 28.8. The zero-order valence-electron chi connectivity index (χ0n) is 60.3. The molecule has 0 aromatic heterocycles. The van der Waals surface area contributed by atoms with Gasteiger partial charge in [0.15, 0.2) is 18.7 Å². The first-order chi connectivity index (χ1) is 47.8. The average molecular weight is 1440 g/mol. The number of esters is 3. The fourth-order valence-electron chi connectivity index (χ4n) is 12.5. The van der Waals surface area contributed by atoms with Crippen molar-refractivity contribution in [3.8, 4) is 0 Å². The van der Waals surface area contributed by atoms with E-state index in [1.807, 2.05) is 6.08 Å². The fraction of sp³-hybridized carbons (Fsp3) is 0.878. The summed E-state index contributed by atoms with van der Waals surface area (Å²) in [7, 11) is -5.73. The molecular formula is C74H133O24P. The molecule has 1 aliphatic carbocycles. The second-order valence-electron chi connectivity index (χ2n) is 27.4. The highest BCUT2D eigenvalue weighted by atomic mass is 31.2. The zero-order chi connectivity index (χ0) is 72.5. The first-order valence-corrected chi connectivity index (χ1v) is 39.8. The highest BCUT2D eigenvalue weighted by Crippen LogP contribution is 2.49. The molecule has 0 spiro atoms. The maximum atomic E-state index is 14.3. The van der Waals surface area contributed by atoms with Gasteiger partial charge in [-0.3, -0.25) is 18.6 Å². The lowest BCUT2D eigenvalue weighted by atomic mass is 9.84. The van der Waals surface area contributed by atoms with E-state index in [4.69, 9.17) is 42.2 Å². The molecule has 24 nitrogen and oxygen atoms in total. The Morgan fingerprint density at radius 1 is 0.414 bits per heavy atom. The van der Waals surface area contributed by atoms with Gasteiger partial charge in [-0.2, -0.15) is 0 Å². The standard InChI is InChI=1S/C74H133O24P/c1-4-7-10-13-16-19-22-25-27-29-31-34-37-40-43-46-49-59(77)91-54-57-62(80)64(82)69(87)74(95-57)97-71-67(85)65(83)66(84)70(96-73-68(86)63(81)61(79)56(51-75)94-73)72(71)98-99(88,89)92-53-55(52-90-58(76)48-45-42-39-36-33-30-24-21-18-15-12-9-6-3)93-60(78)50-47-44-41-38-35-32-28-26-23-20-17-14-11-8-5-2/h30,33,41,44,47,50,55-57,61-75,79-87H,4-29,31-32,34-40,42-43,45-46,48-49,51-54H2,1-3H3,(H,88,89)/b33-30-,44-41+,50-47+. The molecule has 0 aromatic carbocycles. The summed E-state index contributed by atoms with van der Waals surface area (Å²) in [6.45, 7) is 3.32. The molecule has 18 unspecified atom stereocenters. The Bertz CT molecular complexity index is 2190. The van der Waals surface area contributed by atoms with Gasteiger partial charge in [0.2, 0.25) is 0 Å².